The summed E-state index contributed by atoms with van der Waals surface area (Å²) in [4.78, 5) is 0. The normalized spacial score (nSPS) is 24.1. The van der Waals surface area contributed by atoms with Crippen LogP contribution in [0.15, 0.2) is 6.07 Å². The predicted octanol–water partition coefficient (Wildman–Crippen LogP) is 3.39. The van der Waals surface area contributed by atoms with E-state index in [0.29, 0.717) is 10.6 Å². The highest BCUT2D eigenvalue weighted by Gasteiger charge is 2.34. The van der Waals surface area contributed by atoms with Gasteiger partial charge in [-0.1, -0.05) is 11.6 Å². The van der Waals surface area contributed by atoms with E-state index in [1.54, 1.807) is 0 Å². The maximum absolute atomic E-state index is 14.4. The minimum absolute atomic E-state index is 0.150. The molecule has 1 atom stereocenters. The lowest BCUT2D eigenvalue weighted by Gasteiger charge is -2.27. The van der Waals surface area contributed by atoms with E-state index in [-0.39, 0.29) is 17.1 Å². The zero-order valence-electron chi connectivity index (χ0n) is 10.4. The van der Waals surface area contributed by atoms with E-state index >= 15 is 0 Å². The molecule has 0 aromatic heterocycles. The Balaban J connectivity index is 2.58. The molecule has 1 heterocycles. The first-order valence-corrected chi connectivity index (χ1v) is 6.15. The summed E-state index contributed by atoms with van der Waals surface area (Å²) in [6, 6.07) is 1.82. The van der Waals surface area contributed by atoms with Gasteiger partial charge in [-0.2, -0.15) is 0 Å². The molecule has 0 saturated carbocycles. The maximum Gasteiger partial charge on any atom is 0.173 e. The Labute approximate surface area is 106 Å². The lowest BCUT2D eigenvalue weighted by molar-refractivity contribution is 0.363. The molecule has 2 nitrogen and oxygen atoms in total. The van der Waals surface area contributed by atoms with Crippen molar-refractivity contribution < 1.29 is 9.13 Å². The summed E-state index contributed by atoms with van der Waals surface area (Å²) >= 11 is 6.04. The molecule has 1 N–H and O–H groups in total. The molecule has 17 heavy (non-hydrogen) atoms. The van der Waals surface area contributed by atoms with Gasteiger partial charge < -0.3 is 10.1 Å². The van der Waals surface area contributed by atoms with Gasteiger partial charge in [0, 0.05) is 11.1 Å². The number of hydrogen-bond donors (Lipinski definition) is 1. The summed E-state index contributed by atoms with van der Waals surface area (Å²) in [5.41, 5.74) is 1.18. The molecule has 0 radical (unpaired) electrons. The van der Waals surface area contributed by atoms with Crippen LogP contribution in [0.25, 0.3) is 0 Å². The number of methoxy groups -OCH3 is 1. The van der Waals surface area contributed by atoms with Crippen molar-refractivity contribution in [3.63, 3.8) is 0 Å². The second kappa shape index (κ2) is 4.46. The molecule has 0 aliphatic carbocycles. The van der Waals surface area contributed by atoms with Crippen LogP contribution in [0.4, 0.5) is 4.39 Å². The number of rotatable bonds is 2. The maximum atomic E-state index is 14.4. The Morgan fingerprint density at radius 2 is 2.24 bits per heavy atom. The van der Waals surface area contributed by atoms with Crippen molar-refractivity contribution in [2.75, 3.05) is 13.7 Å². The first kappa shape index (κ1) is 12.7. The minimum Gasteiger partial charge on any atom is -0.492 e. The third-order valence-corrected chi connectivity index (χ3v) is 3.98. The summed E-state index contributed by atoms with van der Waals surface area (Å²) in [6.07, 6.45) is 1.98. The quantitative estimate of drug-likeness (QED) is 0.877. The Kier molecular flexibility index (Phi) is 3.32. The standard InChI is InChI=1S/C13H17ClFNO/c1-8-7-9(13(2)5-4-6-16-13)11(15)12(17-3)10(8)14/h7,16H,4-6H2,1-3H3. The molecule has 1 saturated heterocycles. The van der Waals surface area contributed by atoms with Crippen LogP contribution in [0.5, 0.6) is 5.75 Å². The number of ether oxygens (including phenoxy) is 1. The molecule has 1 fully saturated rings. The van der Waals surface area contributed by atoms with Gasteiger partial charge in [0.1, 0.15) is 0 Å². The van der Waals surface area contributed by atoms with E-state index in [9.17, 15) is 4.39 Å². The zero-order valence-corrected chi connectivity index (χ0v) is 11.1. The Bertz CT molecular complexity index is 442. The number of benzene rings is 1. The lowest BCUT2D eigenvalue weighted by Crippen LogP contribution is -2.34. The fourth-order valence-corrected chi connectivity index (χ4v) is 2.66. The van der Waals surface area contributed by atoms with Crippen molar-refractivity contribution in [3.05, 3.63) is 28.0 Å². The van der Waals surface area contributed by atoms with Crippen molar-refractivity contribution in [2.45, 2.75) is 32.2 Å². The van der Waals surface area contributed by atoms with Gasteiger partial charge in [-0.3, -0.25) is 0 Å². The molecule has 1 aromatic rings. The smallest absolute Gasteiger partial charge is 0.173 e. The van der Waals surface area contributed by atoms with E-state index < -0.39 is 0 Å². The third-order valence-electron chi connectivity index (χ3n) is 3.51. The van der Waals surface area contributed by atoms with Gasteiger partial charge >= 0.3 is 0 Å². The first-order chi connectivity index (χ1) is 7.99. The van der Waals surface area contributed by atoms with E-state index in [1.807, 2.05) is 19.9 Å². The Hall–Kier alpha value is -0.800. The van der Waals surface area contributed by atoms with Crippen molar-refractivity contribution >= 4 is 11.6 Å². The predicted molar refractivity (Wildman–Crippen MR) is 67.3 cm³/mol. The fraction of sp³-hybridized carbons (Fsp3) is 0.538. The minimum atomic E-state index is -0.347. The molecule has 1 aliphatic heterocycles. The largest absolute Gasteiger partial charge is 0.492 e. The number of hydrogen-bond acceptors (Lipinski definition) is 2. The highest BCUT2D eigenvalue weighted by Crippen LogP contribution is 2.40. The van der Waals surface area contributed by atoms with Crippen LogP contribution in [0.2, 0.25) is 5.02 Å². The van der Waals surface area contributed by atoms with E-state index in [0.717, 1.165) is 24.9 Å². The van der Waals surface area contributed by atoms with E-state index in [1.165, 1.54) is 7.11 Å². The number of halogens is 2. The van der Waals surface area contributed by atoms with Crippen molar-refractivity contribution in [3.8, 4) is 5.75 Å². The number of nitrogens with one attached hydrogen (secondary N) is 1. The Morgan fingerprint density at radius 1 is 1.53 bits per heavy atom. The van der Waals surface area contributed by atoms with Gasteiger partial charge in [0.15, 0.2) is 11.6 Å². The molecular formula is C13H17ClFNO. The highest BCUT2D eigenvalue weighted by atomic mass is 35.5. The summed E-state index contributed by atoms with van der Waals surface area (Å²) in [7, 11) is 1.44. The molecule has 1 aliphatic rings. The molecule has 2 rings (SSSR count). The number of aryl methyl sites for hydroxylation is 1. The zero-order chi connectivity index (χ0) is 12.6. The first-order valence-electron chi connectivity index (χ1n) is 5.77. The van der Waals surface area contributed by atoms with E-state index in [2.05, 4.69) is 5.32 Å². The van der Waals surface area contributed by atoms with Gasteiger partial charge in [-0.05, 0) is 44.9 Å². The van der Waals surface area contributed by atoms with E-state index in [4.69, 9.17) is 16.3 Å². The highest BCUT2D eigenvalue weighted by molar-refractivity contribution is 6.32. The third kappa shape index (κ3) is 2.02. The van der Waals surface area contributed by atoms with Gasteiger partial charge in [-0.15, -0.1) is 0 Å². The van der Waals surface area contributed by atoms with Gasteiger partial charge in [0.25, 0.3) is 0 Å². The monoisotopic (exact) mass is 257 g/mol. The molecule has 1 unspecified atom stereocenters. The summed E-state index contributed by atoms with van der Waals surface area (Å²) in [6.45, 7) is 4.80. The molecule has 0 spiro atoms. The van der Waals surface area contributed by atoms with Crippen molar-refractivity contribution in [1.82, 2.24) is 5.32 Å². The molecule has 0 amide bonds. The Morgan fingerprint density at radius 3 is 2.76 bits per heavy atom. The van der Waals surface area contributed by atoms with Gasteiger partial charge in [0.2, 0.25) is 0 Å². The SMILES string of the molecule is COc1c(F)c(C2(C)CCCN2)cc(C)c1Cl. The lowest BCUT2D eigenvalue weighted by atomic mass is 9.89. The van der Waals surface area contributed by atoms with Crippen LogP contribution in [0, 0.1) is 12.7 Å². The average Bonchev–Trinajstić information content (AvgIpc) is 2.72. The molecule has 1 aromatic carbocycles. The summed E-state index contributed by atoms with van der Waals surface area (Å²) < 4.78 is 19.4. The topological polar surface area (TPSA) is 21.3 Å². The van der Waals surface area contributed by atoms with Crippen molar-refractivity contribution in [2.24, 2.45) is 0 Å². The van der Waals surface area contributed by atoms with Crippen LogP contribution in [-0.4, -0.2) is 13.7 Å². The van der Waals surface area contributed by atoms with Gasteiger partial charge in [0.05, 0.1) is 12.1 Å². The summed E-state index contributed by atoms with van der Waals surface area (Å²) in [5, 5.41) is 3.71. The molecule has 0 bridgehead atoms. The second-order valence-electron chi connectivity index (χ2n) is 4.76. The molecular weight excluding hydrogens is 241 g/mol. The van der Waals surface area contributed by atoms with Crippen LogP contribution >= 0.6 is 11.6 Å². The molecule has 4 heteroatoms. The van der Waals surface area contributed by atoms with Gasteiger partial charge in [-0.25, -0.2) is 4.39 Å². The van der Waals surface area contributed by atoms with Crippen LogP contribution in [0.1, 0.15) is 30.9 Å². The summed E-state index contributed by atoms with van der Waals surface area (Å²) in [5.74, 6) is -0.198. The van der Waals surface area contributed by atoms with Crippen LogP contribution in [0.3, 0.4) is 0 Å². The van der Waals surface area contributed by atoms with Crippen LogP contribution < -0.4 is 10.1 Å². The van der Waals surface area contributed by atoms with Crippen molar-refractivity contribution in [1.29, 1.82) is 0 Å². The average molecular weight is 258 g/mol. The second-order valence-corrected chi connectivity index (χ2v) is 5.14. The molecule has 94 valence electrons. The fourth-order valence-electron chi connectivity index (χ4n) is 2.45. The van der Waals surface area contributed by atoms with Crippen LogP contribution in [-0.2, 0) is 5.54 Å².